The summed E-state index contributed by atoms with van der Waals surface area (Å²) in [7, 11) is -3.37. The third-order valence-electron chi connectivity index (χ3n) is 3.63. The minimum absolute atomic E-state index is 0.120. The van der Waals surface area contributed by atoms with Crippen LogP contribution in [0.5, 0.6) is 0 Å². The van der Waals surface area contributed by atoms with Gasteiger partial charge in [-0.05, 0) is 48.9 Å². The Balaban J connectivity index is 1.83. The molecule has 0 fully saturated rings. The normalized spacial score (nSPS) is 11.3. The summed E-state index contributed by atoms with van der Waals surface area (Å²) in [6.45, 7) is 1.76. The summed E-state index contributed by atoms with van der Waals surface area (Å²) in [6, 6.07) is 11.7. The molecule has 3 aromatic rings. The lowest BCUT2D eigenvalue weighted by Crippen LogP contribution is -2.14. The maximum Gasteiger partial charge on any atom is 0.255 e. The summed E-state index contributed by atoms with van der Waals surface area (Å²) >= 11 is 1.43. The number of aromatic nitrogens is 2. The largest absolute Gasteiger partial charge is 0.322 e. The summed E-state index contributed by atoms with van der Waals surface area (Å²) in [5, 5.41) is 11.4. The predicted octanol–water partition coefficient (Wildman–Crippen LogP) is 3.17. The Labute approximate surface area is 149 Å². The van der Waals surface area contributed by atoms with E-state index < -0.39 is 9.84 Å². The smallest absolute Gasteiger partial charge is 0.255 e. The van der Waals surface area contributed by atoms with Crippen molar-refractivity contribution in [3.8, 4) is 10.6 Å². The van der Waals surface area contributed by atoms with Crippen molar-refractivity contribution in [2.75, 3.05) is 11.6 Å². The second-order valence-electron chi connectivity index (χ2n) is 5.52. The van der Waals surface area contributed by atoms with Gasteiger partial charge in [0.2, 0.25) is 0 Å². The zero-order valence-electron chi connectivity index (χ0n) is 13.6. The Bertz CT molecular complexity index is 1010. The number of sulfone groups is 1. The molecule has 8 heteroatoms. The van der Waals surface area contributed by atoms with E-state index in [4.69, 9.17) is 0 Å². The molecule has 0 aliphatic heterocycles. The van der Waals surface area contributed by atoms with E-state index in [1.807, 2.05) is 12.1 Å². The van der Waals surface area contributed by atoms with Gasteiger partial charge in [-0.3, -0.25) is 4.79 Å². The molecule has 1 N–H and O–H groups in total. The van der Waals surface area contributed by atoms with E-state index in [1.54, 1.807) is 30.6 Å². The molecule has 0 aliphatic carbocycles. The first-order valence-corrected chi connectivity index (χ1v) is 10.1. The van der Waals surface area contributed by atoms with Crippen LogP contribution in [0.4, 0.5) is 5.69 Å². The highest BCUT2D eigenvalue weighted by atomic mass is 32.2. The van der Waals surface area contributed by atoms with E-state index in [2.05, 4.69) is 15.5 Å². The summed E-state index contributed by atoms with van der Waals surface area (Å²) in [5.41, 5.74) is 4.22. The van der Waals surface area contributed by atoms with E-state index in [0.717, 1.165) is 16.8 Å². The van der Waals surface area contributed by atoms with Crippen molar-refractivity contribution in [3.05, 3.63) is 59.1 Å². The molecule has 2 aromatic carbocycles. The number of aryl methyl sites for hydroxylation is 1. The third-order valence-corrected chi connectivity index (χ3v) is 5.48. The van der Waals surface area contributed by atoms with Crippen LogP contribution in [-0.2, 0) is 9.84 Å². The number of nitrogens with one attached hydrogen (secondary N) is 1. The fourth-order valence-electron chi connectivity index (χ4n) is 2.27. The van der Waals surface area contributed by atoms with Gasteiger partial charge in [-0.1, -0.05) is 17.4 Å². The molecule has 0 bridgehead atoms. The quantitative estimate of drug-likeness (QED) is 0.759. The molecular weight excluding hydrogens is 358 g/mol. The Hall–Kier alpha value is -2.58. The Morgan fingerprint density at radius 2 is 1.84 bits per heavy atom. The lowest BCUT2D eigenvalue weighted by Gasteiger charge is -2.09. The van der Waals surface area contributed by atoms with Crippen LogP contribution in [0.2, 0.25) is 0 Å². The Morgan fingerprint density at radius 1 is 1.12 bits per heavy atom. The SMILES string of the molecule is Cc1ccc(S(C)(=O)=O)cc1C(=O)Nc1ccc(-c2nncs2)cc1. The van der Waals surface area contributed by atoms with Crippen molar-refractivity contribution >= 4 is 32.8 Å². The number of hydrogen-bond acceptors (Lipinski definition) is 6. The van der Waals surface area contributed by atoms with Crippen molar-refractivity contribution in [2.24, 2.45) is 0 Å². The zero-order valence-corrected chi connectivity index (χ0v) is 15.2. The molecule has 0 unspecified atom stereocenters. The topological polar surface area (TPSA) is 89.0 Å². The molecule has 25 heavy (non-hydrogen) atoms. The van der Waals surface area contributed by atoms with Crippen LogP contribution < -0.4 is 5.32 Å². The molecule has 0 spiro atoms. The van der Waals surface area contributed by atoms with Crippen molar-refractivity contribution < 1.29 is 13.2 Å². The van der Waals surface area contributed by atoms with Crippen LogP contribution >= 0.6 is 11.3 Å². The average Bonchev–Trinajstić information content (AvgIpc) is 3.09. The molecule has 0 aliphatic rings. The lowest BCUT2D eigenvalue weighted by molar-refractivity contribution is 0.102. The average molecular weight is 373 g/mol. The molecule has 1 amide bonds. The summed E-state index contributed by atoms with van der Waals surface area (Å²) in [5.74, 6) is -0.355. The van der Waals surface area contributed by atoms with Gasteiger partial charge in [0.1, 0.15) is 10.5 Å². The minimum Gasteiger partial charge on any atom is -0.322 e. The third kappa shape index (κ3) is 3.92. The molecular formula is C17H15N3O3S2. The molecule has 0 atom stereocenters. The molecule has 1 heterocycles. The number of benzene rings is 2. The highest BCUT2D eigenvalue weighted by Crippen LogP contribution is 2.23. The Kier molecular flexibility index (Phi) is 4.65. The molecule has 1 aromatic heterocycles. The van der Waals surface area contributed by atoms with Gasteiger partial charge < -0.3 is 5.32 Å². The van der Waals surface area contributed by atoms with E-state index in [-0.39, 0.29) is 10.8 Å². The van der Waals surface area contributed by atoms with Gasteiger partial charge in [0.15, 0.2) is 9.84 Å². The van der Waals surface area contributed by atoms with Crippen molar-refractivity contribution in [1.82, 2.24) is 10.2 Å². The fraction of sp³-hybridized carbons (Fsp3) is 0.118. The highest BCUT2D eigenvalue weighted by Gasteiger charge is 2.14. The second kappa shape index (κ2) is 6.73. The van der Waals surface area contributed by atoms with Crippen LogP contribution in [-0.4, -0.2) is 30.8 Å². The van der Waals surface area contributed by atoms with E-state index in [0.29, 0.717) is 16.8 Å². The number of rotatable bonds is 4. The Morgan fingerprint density at radius 3 is 2.44 bits per heavy atom. The van der Waals surface area contributed by atoms with E-state index in [1.165, 1.54) is 23.5 Å². The molecule has 3 rings (SSSR count). The summed E-state index contributed by atoms with van der Waals surface area (Å²) in [6.07, 6.45) is 1.12. The van der Waals surface area contributed by atoms with Gasteiger partial charge in [0.05, 0.1) is 4.90 Å². The summed E-state index contributed by atoms with van der Waals surface area (Å²) < 4.78 is 23.4. The van der Waals surface area contributed by atoms with Crippen LogP contribution in [0.25, 0.3) is 10.6 Å². The van der Waals surface area contributed by atoms with Gasteiger partial charge in [0.25, 0.3) is 5.91 Å². The number of anilines is 1. The van der Waals surface area contributed by atoms with Gasteiger partial charge in [-0.2, -0.15) is 0 Å². The number of carbonyl (C=O) groups is 1. The predicted molar refractivity (Wildman–Crippen MR) is 97.6 cm³/mol. The maximum atomic E-state index is 12.5. The number of carbonyl (C=O) groups excluding carboxylic acids is 1. The standard InChI is InChI=1S/C17H15N3O3S2/c1-11-3-8-14(25(2,22)23)9-15(11)16(21)19-13-6-4-12(5-7-13)17-20-18-10-24-17/h3-10H,1-2H3,(H,19,21). The highest BCUT2D eigenvalue weighted by molar-refractivity contribution is 7.90. The number of nitrogens with zero attached hydrogens (tertiary/aromatic N) is 2. The zero-order chi connectivity index (χ0) is 18.0. The van der Waals surface area contributed by atoms with Crippen molar-refractivity contribution in [3.63, 3.8) is 0 Å². The molecule has 128 valence electrons. The molecule has 6 nitrogen and oxygen atoms in total. The monoisotopic (exact) mass is 373 g/mol. The van der Waals surface area contributed by atoms with Crippen LogP contribution in [0.1, 0.15) is 15.9 Å². The molecule has 0 saturated carbocycles. The van der Waals surface area contributed by atoms with Crippen LogP contribution in [0.15, 0.2) is 52.9 Å². The van der Waals surface area contributed by atoms with Crippen LogP contribution in [0, 0.1) is 6.92 Å². The van der Waals surface area contributed by atoms with Gasteiger partial charge >= 0.3 is 0 Å². The van der Waals surface area contributed by atoms with Crippen molar-refractivity contribution in [2.45, 2.75) is 11.8 Å². The number of hydrogen-bond donors (Lipinski definition) is 1. The second-order valence-corrected chi connectivity index (χ2v) is 8.37. The lowest BCUT2D eigenvalue weighted by atomic mass is 10.1. The van der Waals surface area contributed by atoms with E-state index in [9.17, 15) is 13.2 Å². The number of amides is 1. The summed E-state index contributed by atoms with van der Waals surface area (Å²) in [4.78, 5) is 12.6. The first-order chi connectivity index (χ1) is 11.8. The van der Waals surface area contributed by atoms with Crippen LogP contribution in [0.3, 0.4) is 0 Å². The minimum atomic E-state index is -3.37. The first-order valence-electron chi connectivity index (χ1n) is 7.33. The van der Waals surface area contributed by atoms with Gasteiger partial charge in [0, 0.05) is 23.1 Å². The fourth-order valence-corrected chi connectivity index (χ4v) is 3.48. The van der Waals surface area contributed by atoms with Crippen molar-refractivity contribution in [1.29, 1.82) is 0 Å². The van der Waals surface area contributed by atoms with Gasteiger partial charge in [-0.15, -0.1) is 10.2 Å². The maximum absolute atomic E-state index is 12.5. The molecule has 0 radical (unpaired) electrons. The first kappa shape index (κ1) is 17.2. The van der Waals surface area contributed by atoms with Gasteiger partial charge in [-0.25, -0.2) is 8.42 Å². The molecule has 0 saturated heterocycles. The van der Waals surface area contributed by atoms with E-state index >= 15 is 0 Å².